The summed E-state index contributed by atoms with van der Waals surface area (Å²) in [5.74, 6) is 2.63. The molecular weight excluding hydrogens is 527 g/mol. The van der Waals surface area contributed by atoms with Crippen LogP contribution in [0, 0.1) is 5.92 Å². The van der Waals surface area contributed by atoms with E-state index in [1.807, 2.05) is 32.0 Å². The maximum atomic E-state index is 12.3. The molecule has 2 fully saturated rings. The van der Waals surface area contributed by atoms with Gasteiger partial charge in [0.05, 0.1) is 18.9 Å². The van der Waals surface area contributed by atoms with Crippen LogP contribution in [-0.2, 0) is 16.6 Å². The van der Waals surface area contributed by atoms with Gasteiger partial charge in [0.15, 0.2) is 5.96 Å². The van der Waals surface area contributed by atoms with E-state index in [1.54, 1.807) is 4.31 Å². The number of nitrogens with zero attached hydrogens (tertiary/aromatic N) is 2. The second-order valence-electron chi connectivity index (χ2n) is 8.19. The Morgan fingerprint density at radius 3 is 2.52 bits per heavy atom. The first-order chi connectivity index (χ1) is 14.5. The Kier molecular flexibility index (Phi) is 10.8. The third-order valence-electron chi connectivity index (χ3n) is 5.55. The van der Waals surface area contributed by atoms with Gasteiger partial charge in [-0.3, -0.25) is 0 Å². The number of benzene rings is 1. The number of nitrogens with one attached hydrogen (secondary N) is 2. The van der Waals surface area contributed by atoms with Gasteiger partial charge in [0.25, 0.3) is 0 Å². The number of aliphatic imine (C=N–C) groups is 1. The van der Waals surface area contributed by atoms with Gasteiger partial charge in [0, 0.05) is 31.2 Å². The summed E-state index contributed by atoms with van der Waals surface area (Å²) in [6.07, 6.45) is 4.77. The second-order valence-corrected chi connectivity index (χ2v) is 10.3. The molecule has 1 aliphatic carbocycles. The Morgan fingerprint density at radius 2 is 1.87 bits per heavy atom. The van der Waals surface area contributed by atoms with Gasteiger partial charge in [0.1, 0.15) is 5.75 Å². The lowest BCUT2D eigenvalue weighted by Gasteiger charge is -2.32. The van der Waals surface area contributed by atoms with Crippen molar-refractivity contribution in [1.29, 1.82) is 0 Å². The summed E-state index contributed by atoms with van der Waals surface area (Å²) in [7, 11) is -3.11. The first-order valence-corrected chi connectivity index (χ1v) is 12.9. The van der Waals surface area contributed by atoms with Crippen LogP contribution < -0.4 is 15.4 Å². The zero-order valence-corrected chi connectivity index (χ0v) is 21.8. The highest BCUT2D eigenvalue weighted by Crippen LogP contribution is 2.30. The number of piperidine rings is 1. The standard InChI is InChI=1S/C22H36N4O3S.HI/c1-3-15-30(27,28)26-13-11-20(12-14-26)25-22(23-4-2)24-16-19-7-5-6-8-21(19)29-17-18-9-10-18;/h5-8,18,20H,3-4,9-17H2,1-2H3,(H2,23,24,25);1H. The van der Waals surface area contributed by atoms with Gasteiger partial charge in [-0.15, -0.1) is 24.0 Å². The van der Waals surface area contributed by atoms with Gasteiger partial charge in [-0.2, -0.15) is 0 Å². The van der Waals surface area contributed by atoms with Crippen LogP contribution in [0.5, 0.6) is 5.75 Å². The van der Waals surface area contributed by atoms with Crippen molar-refractivity contribution in [2.45, 2.75) is 58.5 Å². The molecule has 1 aromatic carbocycles. The van der Waals surface area contributed by atoms with Crippen molar-refractivity contribution < 1.29 is 13.2 Å². The fraction of sp³-hybridized carbons (Fsp3) is 0.682. The van der Waals surface area contributed by atoms with E-state index in [0.717, 1.165) is 43.3 Å². The monoisotopic (exact) mass is 564 g/mol. The summed E-state index contributed by atoms with van der Waals surface area (Å²) < 4.78 is 32.2. The van der Waals surface area contributed by atoms with Crippen LogP contribution >= 0.6 is 24.0 Å². The Morgan fingerprint density at radius 1 is 1.16 bits per heavy atom. The van der Waals surface area contributed by atoms with Crippen molar-refractivity contribution in [2.24, 2.45) is 10.9 Å². The molecule has 1 aliphatic heterocycles. The molecule has 0 spiro atoms. The minimum absolute atomic E-state index is 0. The predicted octanol–water partition coefficient (Wildman–Crippen LogP) is 3.35. The van der Waals surface area contributed by atoms with Gasteiger partial charge in [-0.05, 0) is 51.0 Å². The Hall–Kier alpha value is -1.07. The Balaban J connectivity index is 0.00000341. The predicted molar refractivity (Wildman–Crippen MR) is 137 cm³/mol. The van der Waals surface area contributed by atoms with Crippen molar-refractivity contribution in [1.82, 2.24) is 14.9 Å². The summed E-state index contributed by atoms with van der Waals surface area (Å²) in [5.41, 5.74) is 1.08. The highest BCUT2D eigenvalue weighted by Gasteiger charge is 2.27. The molecule has 0 amide bonds. The lowest BCUT2D eigenvalue weighted by Crippen LogP contribution is -2.50. The fourth-order valence-corrected chi connectivity index (χ4v) is 5.15. The van der Waals surface area contributed by atoms with E-state index < -0.39 is 10.0 Å². The Bertz CT molecular complexity index is 807. The number of para-hydroxylation sites is 1. The van der Waals surface area contributed by atoms with Gasteiger partial charge in [0.2, 0.25) is 10.0 Å². The molecule has 0 bridgehead atoms. The van der Waals surface area contributed by atoms with Crippen LogP contribution in [0.2, 0.25) is 0 Å². The fourth-order valence-electron chi connectivity index (χ4n) is 3.61. The number of rotatable bonds is 10. The average molecular weight is 565 g/mol. The maximum absolute atomic E-state index is 12.3. The second kappa shape index (κ2) is 12.8. The topological polar surface area (TPSA) is 83.0 Å². The molecule has 2 aliphatic rings. The average Bonchev–Trinajstić information content (AvgIpc) is 3.56. The van der Waals surface area contributed by atoms with Crippen molar-refractivity contribution in [3.63, 3.8) is 0 Å². The van der Waals surface area contributed by atoms with Crippen molar-refractivity contribution >= 4 is 40.0 Å². The molecular formula is C22H37IN4O3S. The van der Waals surface area contributed by atoms with E-state index >= 15 is 0 Å². The lowest BCUT2D eigenvalue weighted by atomic mass is 10.1. The van der Waals surface area contributed by atoms with Gasteiger partial charge < -0.3 is 15.4 Å². The van der Waals surface area contributed by atoms with Crippen LogP contribution in [0.25, 0.3) is 0 Å². The third-order valence-corrected chi connectivity index (χ3v) is 7.62. The van der Waals surface area contributed by atoms with Crippen LogP contribution in [0.1, 0.15) is 51.5 Å². The molecule has 0 aromatic heterocycles. The molecule has 0 atom stereocenters. The van der Waals surface area contributed by atoms with Crippen molar-refractivity contribution in [2.75, 3.05) is 32.0 Å². The molecule has 9 heteroatoms. The van der Waals surface area contributed by atoms with Gasteiger partial charge >= 0.3 is 0 Å². The smallest absolute Gasteiger partial charge is 0.214 e. The molecule has 0 radical (unpaired) electrons. The number of hydrogen-bond acceptors (Lipinski definition) is 4. The number of ether oxygens (including phenoxy) is 1. The minimum atomic E-state index is -3.11. The van der Waals surface area contributed by atoms with Crippen LogP contribution in [0.3, 0.4) is 0 Å². The maximum Gasteiger partial charge on any atom is 0.214 e. The molecule has 176 valence electrons. The molecule has 2 N–H and O–H groups in total. The zero-order valence-electron chi connectivity index (χ0n) is 18.7. The summed E-state index contributed by atoms with van der Waals surface area (Å²) in [6.45, 7) is 7.19. The minimum Gasteiger partial charge on any atom is -0.493 e. The molecule has 0 unspecified atom stereocenters. The summed E-state index contributed by atoms with van der Waals surface area (Å²) >= 11 is 0. The van der Waals surface area contributed by atoms with Gasteiger partial charge in [-0.25, -0.2) is 17.7 Å². The quantitative estimate of drug-likeness (QED) is 0.259. The SMILES string of the molecule is CCCS(=O)(=O)N1CCC(NC(=NCc2ccccc2OCC2CC2)NCC)CC1.I. The van der Waals surface area contributed by atoms with Crippen LogP contribution in [-0.4, -0.2) is 56.7 Å². The van der Waals surface area contributed by atoms with Crippen molar-refractivity contribution in [3.05, 3.63) is 29.8 Å². The van der Waals surface area contributed by atoms with E-state index in [-0.39, 0.29) is 35.8 Å². The lowest BCUT2D eigenvalue weighted by molar-refractivity contribution is 0.297. The number of halogens is 1. The van der Waals surface area contributed by atoms with E-state index in [2.05, 4.69) is 16.7 Å². The molecule has 1 saturated carbocycles. The highest BCUT2D eigenvalue weighted by molar-refractivity contribution is 14.0. The largest absolute Gasteiger partial charge is 0.493 e. The van der Waals surface area contributed by atoms with Crippen LogP contribution in [0.15, 0.2) is 29.3 Å². The van der Waals surface area contributed by atoms with Crippen molar-refractivity contribution in [3.8, 4) is 5.75 Å². The highest BCUT2D eigenvalue weighted by atomic mass is 127. The molecule has 1 heterocycles. The first-order valence-electron chi connectivity index (χ1n) is 11.2. The van der Waals surface area contributed by atoms with E-state index in [1.165, 1.54) is 12.8 Å². The zero-order chi connectivity index (χ0) is 21.4. The van der Waals surface area contributed by atoms with Crippen LogP contribution in [0.4, 0.5) is 0 Å². The number of guanidine groups is 1. The van der Waals surface area contributed by atoms with Gasteiger partial charge in [-0.1, -0.05) is 25.1 Å². The molecule has 1 saturated heterocycles. The molecule has 31 heavy (non-hydrogen) atoms. The Labute approximate surface area is 204 Å². The first kappa shape index (κ1) is 26.2. The number of sulfonamides is 1. The molecule has 3 rings (SSSR count). The van der Waals surface area contributed by atoms with E-state index in [4.69, 9.17) is 9.73 Å². The number of hydrogen-bond donors (Lipinski definition) is 2. The third kappa shape index (κ3) is 8.42. The molecule has 1 aromatic rings. The summed E-state index contributed by atoms with van der Waals surface area (Å²) in [6, 6.07) is 8.31. The summed E-state index contributed by atoms with van der Waals surface area (Å²) in [5, 5.41) is 6.80. The summed E-state index contributed by atoms with van der Waals surface area (Å²) in [4.78, 5) is 4.76. The van der Waals surface area contributed by atoms with E-state index in [9.17, 15) is 8.42 Å². The van der Waals surface area contributed by atoms with E-state index in [0.29, 0.717) is 32.0 Å². The normalized spacial score (nSPS) is 18.3. The molecule has 7 nitrogen and oxygen atoms in total.